The number of allylic oxidation sites excluding steroid dienone is 1. The molecule has 27 heavy (non-hydrogen) atoms. The van der Waals surface area contributed by atoms with E-state index in [2.05, 4.69) is 6.92 Å². The Morgan fingerprint density at radius 2 is 1.81 bits per heavy atom. The molecular formula is C21H23NO4S. The average Bonchev–Trinajstić information content (AvgIpc) is 2.68. The molecule has 0 atom stereocenters. The summed E-state index contributed by atoms with van der Waals surface area (Å²) in [6.45, 7) is 4.97. The highest BCUT2D eigenvalue weighted by atomic mass is 32.2. The lowest BCUT2D eigenvalue weighted by atomic mass is 10.2. The summed E-state index contributed by atoms with van der Waals surface area (Å²) in [7, 11) is -3.87. The van der Waals surface area contributed by atoms with Crippen molar-refractivity contribution in [2.75, 3.05) is 13.2 Å². The zero-order valence-corrected chi connectivity index (χ0v) is 16.3. The predicted molar refractivity (Wildman–Crippen MR) is 105 cm³/mol. The minimum atomic E-state index is -3.87. The van der Waals surface area contributed by atoms with Crippen molar-refractivity contribution in [3.05, 3.63) is 59.0 Å². The van der Waals surface area contributed by atoms with E-state index in [4.69, 9.17) is 9.47 Å². The van der Waals surface area contributed by atoms with Crippen LogP contribution in [0.5, 0.6) is 11.5 Å². The first-order chi connectivity index (χ1) is 13.0. The van der Waals surface area contributed by atoms with Gasteiger partial charge in [0.1, 0.15) is 11.0 Å². The van der Waals surface area contributed by atoms with Crippen molar-refractivity contribution in [3.63, 3.8) is 0 Å². The number of sulfone groups is 1. The van der Waals surface area contributed by atoms with E-state index in [0.29, 0.717) is 30.3 Å². The third-order valence-electron chi connectivity index (χ3n) is 3.77. The van der Waals surface area contributed by atoms with E-state index in [1.54, 1.807) is 42.5 Å². The van der Waals surface area contributed by atoms with E-state index in [1.165, 1.54) is 18.2 Å². The van der Waals surface area contributed by atoms with E-state index in [9.17, 15) is 13.7 Å². The summed E-state index contributed by atoms with van der Waals surface area (Å²) in [5.41, 5.74) is 0.553. The first-order valence-electron chi connectivity index (χ1n) is 8.84. The van der Waals surface area contributed by atoms with Crippen LogP contribution >= 0.6 is 0 Å². The molecule has 6 heteroatoms. The third-order valence-corrected chi connectivity index (χ3v) is 5.45. The highest BCUT2D eigenvalue weighted by molar-refractivity contribution is 7.95. The Labute approximate surface area is 160 Å². The third kappa shape index (κ3) is 5.35. The van der Waals surface area contributed by atoms with Gasteiger partial charge in [0.25, 0.3) is 0 Å². The van der Waals surface area contributed by atoms with Gasteiger partial charge in [-0.2, -0.15) is 5.26 Å². The molecule has 0 saturated carbocycles. The molecule has 5 nitrogen and oxygen atoms in total. The molecule has 142 valence electrons. The Morgan fingerprint density at radius 1 is 1.07 bits per heavy atom. The Hall–Kier alpha value is -2.78. The molecule has 2 aromatic carbocycles. The molecule has 0 fully saturated rings. The summed E-state index contributed by atoms with van der Waals surface area (Å²) in [5, 5.41) is 9.40. The summed E-state index contributed by atoms with van der Waals surface area (Å²) in [6, 6.07) is 14.8. The maximum Gasteiger partial charge on any atom is 0.216 e. The van der Waals surface area contributed by atoms with Gasteiger partial charge in [-0.15, -0.1) is 0 Å². The number of hydrogen-bond acceptors (Lipinski definition) is 5. The lowest BCUT2D eigenvalue weighted by Crippen LogP contribution is -2.03. The normalized spacial score (nSPS) is 11.7. The van der Waals surface area contributed by atoms with E-state index in [-0.39, 0.29) is 9.80 Å². The topological polar surface area (TPSA) is 76.4 Å². The fraction of sp³-hybridized carbons (Fsp3) is 0.286. The smallest absolute Gasteiger partial charge is 0.216 e. The van der Waals surface area contributed by atoms with Crippen LogP contribution in [0.15, 0.2) is 58.3 Å². The quantitative estimate of drug-likeness (QED) is 0.466. The highest BCUT2D eigenvalue weighted by Crippen LogP contribution is 2.30. The molecule has 0 spiro atoms. The Morgan fingerprint density at radius 3 is 2.44 bits per heavy atom. The molecule has 0 bridgehead atoms. The van der Waals surface area contributed by atoms with Crippen LogP contribution in [0.4, 0.5) is 0 Å². The molecule has 0 aromatic heterocycles. The van der Waals surface area contributed by atoms with Gasteiger partial charge in [0, 0.05) is 0 Å². The maximum absolute atomic E-state index is 12.7. The van der Waals surface area contributed by atoms with E-state index < -0.39 is 9.84 Å². The molecular weight excluding hydrogens is 362 g/mol. The predicted octanol–water partition coefficient (Wildman–Crippen LogP) is 4.60. The van der Waals surface area contributed by atoms with Crippen LogP contribution in [0.2, 0.25) is 0 Å². The zero-order chi connectivity index (χ0) is 19.7. The number of unbranched alkanes of at least 4 members (excludes halogenated alkanes) is 1. The van der Waals surface area contributed by atoms with Gasteiger partial charge >= 0.3 is 0 Å². The van der Waals surface area contributed by atoms with Gasteiger partial charge in [-0.25, -0.2) is 8.42 Å². The van der Waals surface area contributed by atoms with Gasteiger partial charge in [0.2, 0.25) is 9.84 Å². The number of benzene rings is 2. The summed E-state index contributed by atoms with van der Waals surface area (Å²) >= 11 is 0. The molecule has 0 saturated heterocycles. The van der Waals surface area contributed by atoms with Crippen molar-refractivity contribution in [2.45, 2.75) is 31.6 Å². The fourth-order valence-corrected chi connectivity index (χ4v) is 3.56. The Bertz CT molecular complexity index is 928. The molecule has 0 aliphatic rings. The van der Waals surface area contributed by atoms with E-state index in [1.807, 2.05) is 6.92 Å². The summed E-state index contributed by atoms with van der Waals surface area (Å²) in [4.78, 5) is -0.238. The second-order valence-corrected chi connectivity index (χ2v) is 7.70. The first kappa shape index (κ1) is 20.5. The number of rotatable bonds is 9. The van der Waals surface area contributed by atoms with Gasteiger partial charge in [-0.1, -0.05) is 37.6 Å². The average molecular weight is 385 g/mol. The van der Waals surface area contributed by atoms with Crippen molar-refractivity contribution in [1.29, 1.82) is 5.26 Å². The number of nitriles is 1. The maximum atomic E-state index is 12.7. The first-order valence-corrected chi connectivity index (χ1v) is 10.3. The molecule has 0 aliphatic heterocycles. The highest BCUT2D eigenvalue weighted by Gasteiger charge is 2.20. The van der Waals surface area contributed by atoms with Crippen molar-refractivity contribution in [2.24, 2.45) is 0 Å². The van der Waals surface area contributed by atoms with Crippen molar-refractivity contribution in [3.8, 4) is 17.6 Å². The Balaban J connectivity index is 2.38. The van der Waals surface area contributed by atoms with Crippen LogP contribution in [-0.4, -0.2) is 21.6 Å². The lowest BCUT2D eigenvalue weighted by molar-refractivity contribution is 0.272. The van der Waals surface area contributed by atoms with Gasteiger partial charge < -0.3 is 9.47 Å². The van der Waals surface area contributed by atoms with E-state index in [0.717, 1.165) is 12.8 Å². The second-order valence-electron chi connectivity index (χ2n) is 5.78. The lowest BCUT2D eigenvalue weighted by Gasteiger charge is -2.12. The SMILES string of the molecule is CCCCOc1ccc(C=C(C#N)S(=O)(=O)c2ccccc2)cc1OCC. The molecule has 0 unspecified atom stereocenters. The minimum absolute atomic E-state index is 0.0855. The van der Waals surface area contributed by atoms with Gasteiger partial charge in [0.15, 0.2) is 11.5 Å². The number of ether oxygens (including phenoxy) is 2. The monoisotopic (exact) mass is 385 g/mol. The van der Waals surface area contributed by atoms with Gasteiger partial charge in [0.05, 0.1) is 18.1 Å². The van der Waals surface area contributed by atoms with Crippen LogP contribution < -0.4 is 9.47 Å². The molecule has 0 amide bonds. The van der Waals surface area contributed by atoms with Crippen molar-refractivity contribution in [1.82, 2.24) is 0 Å². The van der Waals surface area contributed by atoms with Crippen LogP contribution in [0.25, 0.3) is 6.08 Å². The number of hydrogen-bond donors (Lipinski definition) is 0. The standard InChI is InChI=1S/C21H23NO4S/c1-3-5-13-26-20-12-11-17(15-21(20)25-4-2)14-19(16-22)27(23,24)18-9-7-6-8-10-18/h6-12,14-15H,3-5,13H2,1-2H3. The zero-order valence-electron chi connectivity index (χ0n) is 15.5. The second kappa shape index (κ2) is 9.79. The Kier molecular flexibility index (Phi) is 7.44. The minimum Gasteiger partial charge on any atom is -0.490 e. The van der Waals surface area contributed by atoms with Crippen LogP contribution in [0, 0.1) is 11.3 Å². The van der Waals surface area contributed by atoms with Crippen molar-refractivity contribution >= 4 is 15.9 Å². The van der Waals surface area contributed by atoms with Gasteiger partial charge in [-0.3, -0.25) is 0 Å². The molecule has 0 N–H and O–H groups in total. The fourth-order valence-electron chi connectivity index (χ4n) is 2.38. The van der Waals surface area contributed by atoms with Crippen LogP contribution in [-0.2, 0) is 9.84 Å². The molecule has 0 aliphatic carbocycles. The molecule has 0 heterocycles. The van der Waals surface area contributed by atoms with Crippen LogP contribution in [0.1, 0.15) is 32.3 Å². The molecule has 2 rings (SSSR count). The summed E-state index contributed by atoms with van der Waals surface area (Å²) in [6.07, 6.45) is 3.30. The summed E-state index contributed by atoms with van der Waals surface area (Å²) < 4.78 is 36.7. The largest absolute Gasteiger partial charge is 0.490 e. The molecule has 2 aromatic rings. The number of nitrogens with zero attached hydrogens (tertiary/aromatic N) is 1. The molecule has 0 radical (unpaired) electrons. The van der Waals surface area contributed by atoms with Gasteiger partial charge in [-0.05, 0) is 49.2 Å². The van der Waals surface area contributed by atoms with Crippen LogP contribution in [0.3, 0.4) is 0 Å². The summed E-state index contributed by atoms with van der Waals surface area (Å²) in [5.74, 6) is 1.13. The van der Waals surface area contributed by atoms with Crippen molar-refractivity contribution < 1.29 is 17.9 Å². The van der Waals surface area contributed by atoms with E-state index >= 15 is 0 Å².